The largest absolute Gasteiger partial charge is 0.310 e. The molecule has 0 aromatic heterocycles. The van der Waals surface area contributed by atoms with Crippen LogP contribution in [0.5, 0.6) is 0 Å². The van der Waals surface area contributed by atoms with Crippen LogP contribution in [0.1, 0.15) is 38.8 Å². The fourth-order valence-corrected chi connectivity index (χ4v) is 2.44. The van der Waals surface area contributed by atoms with E-state index in [4.69, 9.17) is 0 Å². The van der Waals surface area contributed by atoms with E-state index in [2.05, 4.69) is 35.1 Å². The van der Waals surface area contributed by atoms with Crippen molar-refractivity contribution in [3.8, 4) is 0 Å². The van der Waals surface area contributed by atoms with E-state index in [-0.39, 0.29) is 11.9 Å². The molecular formula is C13H19BrFN. The summed E-state index contributed by atoms with van der Waals surface area (Å²) in [4.78, 5) is 0. The van der Waals surface area contributed by atoms with Crippen molar-refractivity contribution in [1.82, 2.24) is 5.32 Å². The molecule has 0 aliphatic rings. The van der Waals surface area contributed by atoms with E-state index in [9.17, 15) is 4.39 Å². The summed E-state index contributed by atoms with van der Waals surface area (Å²) in [5.41, 5.74) is 0.749. The molecule has 1 aromatic carbocycles. The predicted octanol–water partition coefficient (Wildman–Crippen LogP) is 4.28. The minimum absolute atomic E-state index is 0.0746. The maximum atomic E-state index is 13.9. The van der Waals surface area contributed by atoms with E-state index < -0.39 is 0 Å². The van der Waals surface area contributed by atoms with Gasteiger partial charge in [-0.2, -0.15) is 0 Å². The van der Waals surface area contributed by atoms with E-state index in [0.29, 0.717) is 5.92 Å². The Bertz CT molecular complexity index is 320. The maximum absolute atomic E-state index is 13.9. The highest BCUT2D eigenvalue weighted by atomic mass is 79.9. The molecule has 0 aliphatic heterocycles. The molecule has 2 atom stereocenters. The zero-order valence-corrected chi connectivity index (χ0v) is 11.6. The van der Waals surface area contributed by atoms with Gasteiger partial charge in [-0.05, 0) is 24.6 Å². The average Bonchev–Trinajstić information content (AvgIpc) is 2.26. The minimum Gasteiger partial charge on any atom is -0.310 e. The summed E-state index contributed by atoms with van der Waals surface area (Å²) in [5, 5.41) is 3.36. The zero-order valence-electron chi connectivity index (χ0n) is 10.1. The maximum Gasteiger partial charge on any atom is 0.129 e. The first-order chi connectivity index (χ1) is 7.61. The number of rotatable bonds is 5. The van der Waals surface area contributed by atoms with Crippen LogP contribution in [0.2, 0.25) is 0 Å². The number of hydrogen-bond donors (Lipinski definition) is 1. The number of benzene rings is 1. The standard InChI is InChI=1S/C13H19BrFN/c1-4-9(3)13(16-5-2)12-10(14)7-6-8-11(12)15/h6-9,13,16H,4-5H2,1-3H3. The van der Waals surface area contributed by atoms with Crippen LogP contribution in [0, 0.1) is 11.7 Å². The molecule has 3 heteroatoms. The Balaban J connectivity index is 3.09. The van der Waals surface area contributed by atoms with Crippen molar-refractivity contribution in [2.24, 2.45) is 5.92 Å². The highest BCUT2D eigenvalue weighted by molar-refractivity contribution is 9.10. The van der Waals surface area contributed by atoms with E-state index in [0.717, 1.165) is 23.0 Å². The highest BCUT2D eigenvalue weighted by Crippen LogP contribution is 2.32. The highest BCUT2D eigenvalue weighted by Gasteiger charge is 2.22. The first-order valence-electron chi connectivity index (χ1n) is 5.79. The van der Waals surface area contributed by atoms with Crippen molar-refractivity contribution >= 4 is 15.9 Å². The van der Waals surface area contributed by atoms with Gasteiger partial charge in [0.15, 0.2) is 0 Å². The number of nitrogens with one attached hydrogen (secondary N) is 1. The Kier molecular flexibility index (Phi) is 5.42. The topological polar surface area (TPSA) is 12.0 Å². The van der Waals surface area contributed by atoms with Gasteiger partial charge in [0.1, 0.15) is 5.82 Å². The quantitative estimate of drug-likeness (QED) is 0.852. The van der Waals surface area contributed by atoms with Crippen molar-refractivity contribution in [3.05, 3.63) is 34.1 Å². The van der Waals surface area contributed by atoms with Crippen molar-refractivity contribution in [1.29, 1.82) is 0 Å². The molecule has 0 amide bonds. The van der Waals surface area contributed by atoms with Crippen LogP contribution in [0.15, 0.2) is 22.7 Å². The molecule has 0 fully saturated rings. The molecule has 0 aliphatic carbocycles. The van der Waals surface area contributed by atoms with E-state index >= 15 is 0 Å². The van der Waals surface area contributed by atoms with E-state index in [1.165, 1.54) is 6.07 Å². The predicted molar refractivity (Wildman–Crippen MR) is 70.0 cm³/mol. The lowest BCUT2D eigenvalue weighted by Crippen LogP contribution is -2.27. The average molecular weight is 288 g/mol. The van der Waals surface area contributed by atoms with E-state index in [1.807, 2.05) is 13.0 Å². The normalized spacial score (nSPS) is 14.8. The summed E-state index contributed by atoms with van der Waals surface area (Å²) in [6.07, 6.45) is 1.03. The van der Waals surface area contributed by atoms with Crippen LogP contribution in [0.25, 0.3) is 0 Å². The molecule has 0 bridgehead atoms. The monoisotopic (exact) mass is 287 g/mol. The van der Waals surface area contributed by atoms with Crippen molar-refractivity contribution in [2.45, 2.75) is 33.2 Å². The fraction of sp³-hybridized carbons (Fsp3) is 0.538. The lowest BCUT2D eigenvalue weighted by atomic mass is 9.92. The Morgan fingerprint density at radius 3 is 2.56 bits per heavy atom. The summed E-state index contributed by atoms with van der Waals surface area (Å²) >= 11 is 3.44. The smallest absolute Gasteiger partial charge is 0.129 e. The summed E-state index contributed by atoms with van der Waals surface area (Å²) in [5.74, 6) is 0.272. The van der Waals surface area contributed by atoms with Gasteiger partial charge in [0, 0.05) is 16.1 Å². The van der Waals surface area contributed by atoms with Crippen LogP contribution in [0.4, 0.5) is 4.39 Å². The van der Waals surface area contributed by atoms with Gasteiger partial charge in [-0.1, -0.05) is 49.2 Å². The van der Waals surface area contributed by atoms with Crippen LogP contribution < -0.4 is 5.32 Å². The Labute approximate surface area is 106 Å². The van der Waals surface area contributed by atoms with Crippen LogP contribution in [-0.4, -0.2) is 6.54 Å². The van der Waals surface area contributed by atoms with Crippen molar-refractivity contribution in [3.63, 3.8) is 0 Å². The van der Waals surface area contributed by atoms with Gasteiger partial charge in [-0.15, -0.1) is 0 Å². The molecular weight excluding hydrogens is 269 g/mol. The van der Waals surface area contributed by atoms with Gasteiger partial charge in [-0.3, -0.25) is 0 Å². The molecule has 16 heavy (non-hydrogen) atoms. The molecule has 0 heterocycles. The molecule has 1 rings (SSSR count). The molecule has 0 saturated carbocycles. The van der Waals surface area contributed by atoms with E-state index in [1.54, 1.807) is 6.07 Å². The molecule has 0 radical (unpaired) electrons. The first-order valence-corrected chi connectivity index (χ1v) is 6.58. The Morgan fingerprint density at radius 2 is 2.06 bits per heavy atom. The second-order valence-electron chi connectivity index (χ2n) is 4.06. The van der Waals surface area contributed by atoms with Crippen molar-refractivity contribution in [2.75, 3.05) is 6.54 Å². The second kappa shape index (κ2) is 6.36. The molecule has 90 valence electrons. The lowest BCUT2D eigenvalue weighted by Gasteiger charge is -2.25. The van der Waals surface area contributed by atoms with Crippen LogP contribution in [-0.2, 0) is 0 Å². The molecule has 0 saturated heterocycles. The summed E-state index contributed by atoms with van der Waals surface area (Å²) < 4.78 is 14.7. The molecule has 1 nitrogen and oxygen atoms in total. The third-order valence-electron chi connectivity index (χ3n) is 2.95. The molecule has 1 N–H and O–H groups in total. The Morgan fingerprint density at radius 1 is 1.38 bits per heavy atom. The fourth-order valence-electron chi connectivity index (χ4n) is 1.85. The Hall–Kier alpha value is -0.410. The zero-order chi connectivity index (χ0) is 12.1. The van der Waals surface area contributed by atoms with Gasteiger partial charge in [0.25, 0.3) is 0 Å². The van der Waals surface area contributed by atoms with Gasteiger partial charge in [0.05, 0.1) is 0 Å². The SMILES string of the molecule is CCNC(c1c(F)cccc1Br)C(C)CC. The summed E-state index contributed by atoms with van der Waals surface area (Å²) in [6.45, 7) is 7.16. The van der Waals surface area contributed by atoms with Crippen molar-refractivity contribution < 1.29 is 4.39 Å². The van der Waals surface area contributed by atoms with Gasteiger partial charge in [-0.25, -0.2) is 4.39 Å². The summed E-state index contributed by atoms with van der Waals surface area (Å²) in [6, 6.07) is 5.21. The third kappa shape index (κ3) is 3.05. The third-order valence-corrected chi connectivity index (χ3v) is 3.64. The van der Waals surface area contributed by atoms with Crippen LogP contribution >= 0.6 is 15.9 Å². The molecule has 1 aromatic rings. The molecule has 0 spiro atoms. The summed E-state index contributed by atoms with van der Waals surface area (Å²) in [7, 11) is 0. The van der Waals surface area contributed by atoms with Gasteiger partial charge < -0.3 is 5.32 Å². The van der Waals surface area contributed by atoms with Gasteiger partial charge in [0.2, 0.25) is 0 Å². The first kappa shape index (κ1) is 13.7. The van der Waals surface area contributed by atoms with Gasteiger partial charge >= 0.3 is 0 Å². The lowest BCUT2D eigenvalue weighted by molar-refractivity contribution is 0.370. The molecule has 2 unspecified atom stereocenters. The number of hydrogen-bond acceptors (Lipinski definition) is 1. The second-order valence-corrected chi connectivity index (χ2v) is 4.91. The van der Waals surface area contributed by atoms with Crippen LogP contribution in [0.3, 0.4) is 0 Å². The number of halogens is 2. The minimum atomic E-state index is -0.138.